The molecule has 2 rings (SSSR count). The van der Waals surface area contributed by atoms with Crippen molar-refractivity contribution in [3.63, 3.8) is 0 Å². The number of benzene rings is 1. The van der Waals surface area contributed by atoms with Crippen molar-refractivity contribution in [1.82, 2.24) is 5.32 Å². The SMILES string of the molecule is CC[C@@H]1N[C@H]1c1ccc(OC)cc1. The molecule has 0 aromatic heterocycles. The molecule has 0 unspecified atom stereocenters. The van der Waals surface area contributed by atoms with E-state index in [4.69, 9.17) is 4.74 Å². The number of methoxy groups -OCH3 is 1. The van der Waals surface area contributed by atoms with E-state index in [9.17, 15) is 0 Å². The molecule has 1 aromatic rings. The second kappa shape index (κ2) is 3.38. The van der Waals surface area contributed by atoms with Gasteiger partial charge in [0.05, 0.1) is 7.11 Å². The summed E-state index contributed by atoms with van der Waals surface area (Å²) in [6.07, 6.45) is 1.21. The zero-order valence-corrected chi connectivity index (χ0v) is 8.08. The van der Waals surface area contributed by atoms with E-state index in [0.717, 1.165) is 5.75 Å². The van der Waals surface area contributed by atoms with Crippen LogP contribution in [-0.2, 0) is 0 Å². The van der Waals surface area contributed by atoms with Gasteiger partial charge in [0, 0.05) is 12.1 Å². The second-order valence-corrected chi connectivity index (χ2v) is 3.43. The Labute approximate surface area is 78.9 Å². The van der Waals surface area contributed by atoms with Crippen LogP contribution in [0.25, 0.3) is 0 Å². The summed E-state index contributed by atoms with van der Waals surface area (Å²) in [6, 6.07) is 9.56. The van der Waals surface area contributed by atoms with Crippen molar-refractivity contribution in [3.05, 3.63) is 29.8 Å². The third-order valence-corrected chi connectivity index (χ3v) is 2.60. The highest BCUT2D eigenvalue weighted by atomic mass is 16.5. The normalized spacial score (nSPS) is 25.7. The monoisotopic (exact) mass is 177 g/mol. The molecule has 2 atom stereocenters. The Balaban J connectivity index is 2.07. The van der Waals surface area contributed by atoms with Crippen LogP contribution < -0.4 is 10.1 Å². The van der Waals surface area contributed by atoms with E-state index in [1.807, 2.05) is 12.1 Å². The Bertz CT molecular complexity index is 281. The summed E-state index contributed by atoms with van der Waals surface area (Å²) in [5.74, 6) is 0.928. The van der Waals surface area contributed by atoms with E-state index in [1.165, 1.54) is 12.0 Å². The molecule has 0 aliphatic carbocycles. The summed E-state index contributed by atoms with van der Waals surface area (Å²) in [4.78, 5) is 0. The van der Waals surface area contributed by atoms with Crippen LogP contribution in [0.15, 0.2) is 24.3 Å². The Hall–Kier alpha value is -1.02. The van der Waals surface area contributed by atoms with Crippen molar-refractivity contribution in [3.8, 4) is 5.75 Å². The molecule has 2 heteroatoms. The lowest BCUT2D eigenvalue weighted by Crippen LogP contribution is -1.87. The van der Waals surface area contributed by atoms with Crippen LogP contribution in [0.3, 0.4) is 0 Å². The third kappa shape index (κ3) is 1.68. The number of hydrogen-bond donors (Lipinski definition) is 1. The maximum atomic E-state index is 5.10. The highest BCUT2D eigenvalue weighted by Crippen LogP contribution is 2.32. The molecule has 2 nitrogen and oxygen atoms in total. The fourth-order valence-electron chi connectivity index (χ4n) is 1.67. The molecule has 1 saturated heterocycles. The third-order valence-electron chi connectivity index (χ3n) is 2.60. The average Bonchev–Trinajstić information content (AvgIpc) is 2.97. The average molecular weight is 177 g/mol. The summed E-state index contributed by atoms with van der Waals surface area (Å²) in [5.41, 5.74) is 1.37. The topological polar surface area (TPSA) is 31.2 Å². The molecular formula is C11H15NO. The van der Waals surface area contributed by atoms with Crippen LogP contribution in [0.1, 0.15) is 24.9 Å². The number of nitrogens with one attached hydrogen (secondary N) is 1. The van der Waals surface area contributed by atoms with Gasteiger partial charge in [0.2, 0.25) is 0 Å². The summed E-state index contributed by atoms with van der Waals surface area (Å²) in [7, 11) is 1.69. The molecular weight excluding hydrogens is 162 g/mol. The lowest BCUT2D eigenvalue weighted by Gasteiger charge is -2.00. The van der Waals surface area contributed by atoms with Crippen LogP contribution in [0.4, 0.5) is 0 Å². The Kier molecular flexibility index (Phi) is 2.23. The lowest BCUT2D eigenvalue weighted by molar-refractivity contribution is 0.414. The van der Waals surface area contributed by atoms with E-state index in [1.54, 1.807) is 7.11 Å². The van der Waals surface area contributed by atoms with Gasteiger partial charge in [0.15, 0.2) is 0 Å². The molecule has 13 heavy (non-hydrogen) atoms. The highest BCUT2D eigenvalue weighted by molar-refractivity contribution is 5.32. The quantitative estimate of drug-likeness (QED) is 0.717. The molecule has 0 amide bonds. The first-order valence-corrected chi connectivity index (χ1v) is 4.75. The number of hydrogen-bond acceptors (Lipinski definition) is 2. The first kappa shape index (κ1) is 8.57. The molecule has 1 heterocycles. The highest BCUT2D eigenvalue weighted by Gasteiger charge is 2.35. The maximum Gasteiger partial charge on any atom is 0.118 e. The van der Waals surface area contributed by atoms with Crippen molar-refractivity contribution >= 4 is 0 Å². The van der Waals surface area contributed by atoms with Crippen LogP contribution in [0.2, 0.25) is 0 Å². The molecule has 0 bridgehead atoms. The minimum absolute atomic E-state index is 0.580. The molecule has 1 N–H and O–H groups in total. The van der Waals surface area contributed by atoms with E-state index in [0.29, 0.717) is 12.1 Å². The Morgan fingerprint density at radius 2 is 2.00 bits per heavy atom. The van der Waals surface area contributed by atoms with Crippen LogP contribution in [-0.4, -0.2) is 13.2 Å². The van der Waals surface area contributed by atoms with Crippen molar-refractivity contribution in [2.24, 2.45) is 0 Å². The summed E-state index contributed by atoms with van der Waals surface area (Å²) >= 11 is 0. The predicted molar refractivity (Wildman–Crippen MR) is 52.9 cm³/mol. The first-order valence-electron chi connectivity index (χ1n) is 4.75. The molecule has 1 fully saturated rings. The zero-order valence-electron chi connectivity index (χ0n) is 8.08. The van der Waals surface area contributed by atoms with E-state index in [-0.39, 0.29) is 0 Å². The summed E-state index contributed by atoms with van der Waals surface area (Å²) in [5, 5.41) is 3.43. The van der Waals surface area contributed by atoms with E-state index in [2.05, 4.69) is 24.4 Å². The minimum atomic E-state index is 0.580. The minimum Gasteiger partial charge on any atom is -0.497 e. The van der Waals surface area contributed by atoms with Gasteiger partial charge in [-0.3, -0.25) is 0 Å². The van der Waals surface area contributed by atoms with E-state index >= 15 is 0 Å². The molecule has 1 aliphatic heterocycles. The second-order valence-electron chi connectivity index (χ2n) is 3.43. The van der Waals surface area contributed by atoms with Gasteiger partial charge in [-0.15, -0.1) is 0 Å². The fraction of sp³-hybridized carbons (Fsp3) is 0.455. The van der Waals surface area contributed by atoms with Gasteiger partial charge in [-0.05, 0) is 24.1 Å². The molecule has 0 spiro atoms. The predicted octanol–water partition coefficient (Wildman–Crippen LogP) is 2.12. The molecule has 70 valence electrons. The van der Waals surface area contributed by atoms with Crippen molar-refractivity contribution in [1.29, 1.82) is 0 Å². The standard InChI is InChI=1S/C11H15NO/c1-3-10-11(12-10)8-4-6-9(13-2)7-5-8/h4-7,10-12H,3H2,1-2H3/t10-,11-/m0/s1. The fourth-order valence-corrected chi connectivity index (χ4v) is 1.67. The summed E-state index contributed by atoms with van der Waals surface area (Å²) in [6.45, 7) is 2.21. The van der Waals surface area contributed by atoms with E-state index < -0.39 is 0 Å². The number of rotatable bonds is 3. The Morgan fingerprint density at radius 1 is 1.31 bits per heavy atom. The van der Waals surface area contributed by atoms with Crippen LogP contribution >= 0.6 is 0 Å². The van der Waals surface area contributed by atoms with Gasteiger partial charge in [-0.2, -0.15) is 0 Å². The summed E-state index contributed by atoms with van der Waals surface area (Å²) < 4.78 is 5.10. The van der Waals surface area contributed by atoms with Crippen molar-refractivity contribution < 1.29 is 4.74 Å². The molecule has 1 aromatic carbocycles. The lowest BCUT2D eigenvalue weighted by atomic mass is 10.1. The maximum absolute atomic E-state index is 5.10. The van der Waals surface area contributed by atoms with Crippen LogP contribution in [0, 0.1) is 0 Å². The smallest absolute Gasteiger partial charge is 0.118 e. The van der Waals surface area contributed by atoms with Gasteiger partial charge < -0.3 is 10.1 Å². The Morgan fingerprint density at radius 3 is 2.46 bits per heavy atom. The van der Waals surface area contributed by atoms with Gasteiger partial charge >= 0.3 is 0 Å². The van der Waals surface area contributed by atoms with Gasteiger partial charge in [-0.1, -0.05) is 19.1 Å². The van der Waals surface area contributed by atoms with Gasteiger partial charge in [0.25, 0.3) is 0 Å². The first-order chi connectivity index (χ1) is 6.35. The molecule has 1 aliphatic rings. The van der Waals surface area contributed by atoms with Crippen molar-refractivity contribution in [2.75, 3.05) is 7.11 Å². The molecule has 0 radical (unpaired) electrons. The van der Waals surface area contributed by atoms with Gasteiger partial charge in [0.1, 0.15) is 5.75 Å². The van der Waals surface area contributed by atoms with Gasteiger partial charge in [-0.25, -0.2) is 0 Å². The largest absolute Gasteiger partial charge is 0.497 e. The van der Waals surface area contributed by atoms with Crippen LogP contribution in [0.5, 0.6) is 5.75 Å². The number of ether oxygens (including phenoxy) is 1. The zero-order chi connectivity index (χ0) is 9.26. The van der Waals surface area contributed by atoms with Crippen molar-refractivity contribution in [2.45, 2.75) is 25.4 Å². The molecule has 0 saturated carbocycles.